The molecule has 5 nitrogen and oxygen atoms in total. The summed E-state index contributed by atoms with van der Waals surface area (Å²) in [5.41, 5.74) is 2.83. The first-order valence-corrected chi connectivity index (χ1v) is 8.70. The Kier molecular flexibility index (Phi) is 13.3. The third-order valence-corrected chi connectivity index (χ3v) is 3.46. The molecule has 0 fully saturated rings. The molecule has 2 heterocycles. The van der Waals surface area contributed by atoms with Crippen LogP contribution < -0.4 is 5.32 Å². The molecule has 0 atom stereocenters. The quantitative estimate of drug-likeness (QED) is 0.401. The number of hydrogen-bond acceptors (Lipinski definition) is 3. The van der Waals surface area contributed by atoms with Crippen molar-refractivity contribution in [2.24, 2.45) is 0 Å². The fraction of sp³-hybridized carbons (Fsp3) is 0.304. The van der Waals surface area contributed by atoms with Crippen LogP contribution in [0.25, 0.3) is 10.9 Å². The molecule has 0 radical (unpaired) electrons. The first-order chi connectivity index (χ1) is 12.8. The van der Waals surface area contributed by atoms with Crippen LogP contribution in [0.2, 0.25) is 0 Å². The lowest BCUT2D eigenvalue weighted by molar-refractivity contribution is 0.0635. The van der Waals surface area contributed by atoms with Gasteiger partial charge in [-0.15, -0.1) is 30.7 Å². The van der Waals surface area contributed by atoms with Crippen molar-refractivity contribution in [3.05, 3.63) is 59.9 Å². The number of amides is 1. The van der Waals surface area contributed by atoms with E-state index < -0.39 is 11.7 Å². The number of anilines is 1. The van der Waals surface area contributed by atoms with E-state index in [4.69, 9.17) is 4.74 Å². The average molecular weight is 452 g/mol. The van der Waals surface area contributed by atoms with E-state index in [9.17, 15) is 4.79 Å². The molecule has 30 heavy (non-hydrogen) atoms. The molecule has 0 aliphatic carbocycles. The molecule has 3 aromatic rings. The summed E-state index contributed by atoms with van der Waals surface area (Å²) < 4.78 is 5.10. The molecule has 0 bridgehead atoms. The number of carbonyl (C=O) groups is 1. The number of hydrogen-bond donors (Lipinski definition) is 2. The molecule has 2 N–H and O–H groups in total. The van der Waals surface area contributed by atoms with E-state index in [0.29, 0.717) is 5.82 Å². The molecule has 3 rings (SSSR count). The van der Waals surface area contributed by atoms with Gasteiger partial charge in [0.15, 0.2) is 0 Å². The minimum absolute atomic E-state index is 0. The van der Waals surface area contributed by atoms with E-state index in [1.54, 1.807) is 46.0 Å². The molecule has 0 saturated carbocycles. The lowest BCUT2D eigenvalue weighted by atomic mass is 10.2. The summed E-state index contributed by atoms with van der Waals surface area (Å²) in [5, 5.41) is 3.87. The highest BCUT2D eigenvalue weighted by molar-refractivity contribution is 5.86. The molecule has 0 saturated heterocycles. The van der Waals surface area contributed by atoms with Gasteiger partial charge in [0.05, 0.1) is 0 Å². The second-order valence-corrected chi connectivity index (χ2v) is 6.95. The maximum Gasteiger partial charge on any atom is 0.413 e. The van der Waals surface area contributed by atoms with Crippen LogP contribution in [0.1, 0.15) is 46.2 Å². The van der Waals surface area contributed by atoms with Crippen molar-refractivity contribution >= 4 is 47.6 Å². The van der Waals surface area contributed by atoms with E-state index in [2.05, 4.69) is 52.2 Å². The van der Waals surface area contributed by atoms with Crippen molar-refractivity contribution in [2.45, 2.75) is 47.6 Å². The number of aryl methyl sites for hydroxylation is 1. The smallest absolute Gasteiger partial charge is 0.413 e. The fourth-order valence-electron chi connectivity index (χ4n) is 2.31. The topological polar surface area (TPSA) is 67.0 Å². The van der Waals surface area contributed by atoms with E-state index in [0.717, 1.165) is 5.56 Å². The number of nitrogens with zero attached hydrogens (tertiary/aromatic N) is 1. The number of aromatic amines is 1. The zero-order chi connectivity index (χ0) is 19.9. The van der Waals surface area contributed by atoms with Gasteiger partial charge in [0.1, 0.15) is 11.4 Å². The number of aromatic nitrogens is 2. The van der Waals surface area contributed by atoms with Crippen LogP contribution in [0.15, 0.2) is 48.8 Å². The number of pyridine rings is 1. The Morgan fingerprint density at radius 1 is 1.13 bits per heavy atom. The molecule has 0 spiro atoms. The summed E-state index contributed by atoms with van der Waals surface area (Å²) in [7, 11) is 0. The molecule has 164 valence electrons. The summed E-state index contributed by atoms with van der Waals surface area (Å²) in [6.07, 6.45) is 3.12. The highest BCUT2D eigenvalue weighted by Gasteiger charge is 2.16. The van der Waals surface area contributed by atoms with Gasteiger partial charge in [0.2, 0.25) is 0 Å². The Bertz CT molecular complexity index is 966. The fourth-order valence-corrected chi connectivity index (χ4v) is 2.31. The molecule has 0 unspecified atom stereocenters. The number of para-hydroxylation sites is 1. The van der Waals surface area contributed by atoms with Crippen LogP contribution in [-0.4, -0.2) is 21.7 Å². The summed E-state index contributed by atoms with van der Waals surface area (Å²) in [4.78, 5) is 18.7. The van der Waals surface area contributed by atoms with Crippen molar-refractivity contribution in [3.63, 3.8) is 0 Å². The number of benzene rings is 1. The second kappa shape index (κ2) is 13.5. The van der Waals surface area contributed by atoms with E-state index in [-0.39, 0.29) is 32.2 Å². The zero-order valence-corrected chi connectivity index (χ0v) is 18.8. The number of fused-ring (bicyclic) bond motifs is 1. The van der Waals surface area contributed by atoms with Gasteiger partial charge in [-0.3, -0.25) is 5.32 Å². The lowest BCUT2D eigenvalue weighted by Gasteiger charge is -2.19. The van der Waals surface area contributed by atoms with Crippen LogP contribution in [0.4, 0.5) is 10.6 Å². The van der Waals surface area contributed by atoms with Gasteiger partial charge < -0.3 is 9.72 Å². The van der Waals surface area contributed by atoms with E-state index in [1.807, 2.05) is 12.3 Å². The summed E-state index contributed by atoms with van der Waals surface area (Å²) in [5.74, 6) is 6.09. The lowest BCUT2D eigenvalue weighted by Crippen LogP contribution is -2.27. The van der Waals surface area contributed by atoms with Crippen molar-refractivity contribution < 1.29 is 9.53 Å². The first kappa shape index (κ1) is 29.5. The van der Waals surface area contributed by atoms with E-state index in [1.165, 1.54) is 16.5 Å². The number of nitrogens with one attached hydrogen (secondary N) is 2. The van der Waals surface area contributed by atoms with Crippen LogP contribution >= 0.6 is 24.8 Å². The molecule has 0 aliphatic rings. The van der Waals surface area contributed by atoms with Gasteiger partial charge >= 0.3 is 6.09 Å². The molecule has 0 aliphatic heterocycles. The Balaban J connectivity index is 0. The number of H-pyrrole nitrogens is 1. The normalized spacial score (nSPS) is 9.23. The SMILES string of the molecule is C.CC#Cc1ccc(NC(=O)OC(C)(C)C)nc1.Cc1c[nH]c2ccccc12.Cl.Cl. The Morgan fingerprint density at radius 2 is 1.80 bits per heavy atom. The molecule has 1 amide bonds. The van der Waals surface area contributed by atoms with Gasteiger partial charge in [-0.1, -0.05) is 31.5 Å². The maximum atomic E-state index is 11.4. The highest BCUT2D eigenvalue weighted by Crippen LogP contribution is 2.15. The minimum Gasteiger partial charge on any atom is -0.444 e. The number of rotatable bonds is 1. The molecule has 2 aromatic heterocycles. The molecule has 1 aromatic carbocycles. The van der Waals surface area contributed by atoms with Crippen LogP contribution in [0.3, 0.4) is 0 Å². The summed E-state index contributed by atoms with van der Waals surface area (Å²) in [6.45, 7) is 9.28. The van der Waals surface area contributed by atoms with Crippen molar-refractivity contribution in [2.75, 3.05) is 5.32 Å². The average Bonchev–Trinajstić information content (AvgIpc) is 2.97. The van der Waals surface area contributed by atoms with Gasteiger partial charge in [-0.25, -0.2) is 9.78 Å². The molecular formula is C23H31Cl2N3O2. The monoisotopic (exact) mass is 451 g/mol. The van der Waals surface area contributed by atoms with Gasteiger partial charge in [0, 0.05) is 28.9 Å². The number of ether oxygens (including phenoxy) is 1. The largest absolute Gasteiger partial charge is 0.444 e. The highest BCUT2D eigenvalue weighted by atomic mass is 35.5. The van der Waals surface area contributed by atoms with Crippen LogP contribution in [0, 0.1) is 18.8 Å². The first-order valence-electron chi connectivity index (χ1n) is 8.70. The second-order valence-electron chi connectivity index (χ2n) is 6.95. The third-order valence-electron chi connectivity index (χ3n) is 3.46. The number of halogens is 2. The van der Waals surface area contributed by atoms with Gasteiger partial charge in [-0.05, 0) is 58.4 Å². The molecular weight excluding hydrogens is 421 g/mol. The molecule has 7 heteroatoms. The Morgan fingerprint density at radius 3 is 2.33 bits per heavy atom. The predicted octanol–water partition coefficient (Wildman–Crippen LogP) is 6.76. The third kappa shape index (κ3) is 9.69. The Labute approximate surface area is 191 Å². The maximum absolute atomic E-state index is 11.4. The predicted molar refractivity (Wildman–Crippen MR) is 131 cm³/mol. The van der Waals surface area contributed by atoms with Crippen molar-refractivity contribution in [3.8, 4) is 11.8 Å². The van der Waals surface area contributed by atoms with Crippen LogP contribution in [-0.2, 0) is 4.74 Å². The van der Waals surface area contributed by atoms with Crippen LogP contribution in [0.5, 0.6) is 0 Å². The minimum atomic E-state index is -0.516. The summed E-state index contributed by atoms with van der Waals surface area (Å²) >= 11 is 0. The summed E-state index contributed by atoms with van der Waals surface area (Å²) in [6, 6.07) is 11.8. The van der Waals surface area contributed by atoms with E-state index >= 15 is 0 Å². The van der Waals surface area contributed by atoms with Gasteiger partial charge in [0.25, 0.3) is 0 Å². The van der Waals surface area contributed by atoms with Crippen molar-refractivity contribution in [1.29, 1.82) is 0 Å². The van der Waals surface area contributed by atoms with Crippen molar-refractivity contribution in [1.82, 2.24) is 9.97 Å². The van der Waals surface area contributed by atoms with Gasteiger partial charge in [-0.2, -0.15) is 0 Å². The standard InChI is InChI=1S/C13H16N2O2.C9H9N.CH4.2ClH/c1-5-6-10-7-8-11(14-9-10)15-12(16)17-13(2,3)4;1-7-6-10-9-5-3-2-4-8(7)9;;;/h7-9H,1-4H3,(H,14,15,16);2-6,10H,1H3;1H4;2*1H. The zero-order valence-electron chi connectivity index (χ0n) is 17.2. The number of carbonyl (C=O) groups excluding carboxylic acids is 1. The Hall–Kier alpha value is -2.68.